The first-order valence-electron chi connectivity index (χ1n) is 16.9. The topological polar surface area (TPSA) is 64.1 Å². The predicted molar refractivity (Wildman–Crippen MR) is 206 cm³/mol. The molecule has 0 spiro atoms. The zero-order valence-corrected chi connectivity index (χ0v) is 29.9. The zero-order chi connectivity index (χ0) is 33.9. The summed E-state index contributed by atoms with van der Waals surface area (Å²) in [6, 6.07) is 56.8. The third kappa shape index (κ3) is 5.21. The van der Waals surface area contributed by atoms with Gasteiger partial charge in [-0.2, -0.15) is 0 Å². The molecule has 0 aliphatic carbocycles. The Bertz CT molecular complexity index is 2930. The number of hydrogen-bond donors (Lipinski definition) is 1. The number of rotatable bonds is 5. The number of para-hydroxylation sites is 3. The van der Waals surface area contributed by atoms with Crippen LogP contribution < -0.4 is 0 Å². The van der Waals surface area contributed by atoms with Gasteiger partial charge in [0, 0.05) is 48.6 Å². The van der Waals surface area contributed by atoms with E-state index in [1.165, 1.54) is 0 Å². The third-order valence-corrected chi connectivity index (χ3v) is 9.64. The Labute approximate surface area is 313 Å². The van der Waals surface area contributed by atoms with Gasteiger partial charge in [0.2, 0.25) is 0 Å². The Balaban J connectivity index is 0.00000360. The summed E-state index contributed by atoms with van der Waals surface area (Å²) in [6.07, 6.45) is 1.82. The van der Waals surface area contributed by atoms with Crippen molar-refractivity contribution in [3.63, 3.8) is 0 Å². The van der Waals surface area contributed by atoms with Crippen molar-refractivity contribution in [2.75, 3.05) is 0 Å². The summed E-state index contributed by atoms with van der Waals surface area (Å²) in [4.78, 5) is 10.2. The largest absolute Gasteiger partial charge is 0.507 e. The smallest absolute Gasteiger partial charge is 0.152 e. The van der Waals surface area contributed by atoms with Gasteiger partial charge >= 0.3 is 0 Å². The Hall–Kier alpha value is -6.29. The maximum atomic E-state index is 11.0. The van der Waals surface area contributed by atoms with Crippen molar-refractivity contribution in [3.8, 4) is 56.3 Å². The van der Waals surface area contributed by atoms with Crippen LogP contribution in [0.15, 0.2) is 168 Å². The molecule has 0 bridgehead atoms. The molecule has 1 N–H and O–H groups in total. The number of phenols is 1. The standard InChI is InChI=1S/C46H28N3O2.Pt/c50-42-21-10-9-18-38(42)46-48-44-35(19-11-20-41(44)49(46)34-15-5-2-6-16-34)32-24-31(29-12-3-1-4-13-29)25-33(26-32)40-27-39-37-23-22-30-14-7-8-17-36(30)45(37)51-43(39)28-47-40;/h1-25,27-28,50H;/q-1;. The van der Waals surface area contributed by atoms with Gasteiger partial charge in [-0.25, -0.2) is 4.98 Å². The van der Waals surface area contributed by atoms with Crippen LogP contribution in [0.25, 0.3) is 94.3 Å². The molecule has 10 aromatic rings. The summed E-state index contributed by atoms with van der Waals surface area (Å²) >= 11 is 0. The quantitative estimate of drug-likeness (QED) is 0.175. The number of aromatic nitrogens is 3. The molecule has 3 aromatic heterocycles. The fourth-order valence-electron chi connectivity index (χ4n) is 7.21. The Morgan fingerprint density at radius 1 is 0.596 bits per heavy atom. The van der Waals surface area contributed by atoms with E-state index in [9.17, 15) is 5.11 Å². The molecule has 52 heavy (non-hydrogen) atoms. The van der Waals surface area contributed by atoms with Crippen molar-refractivity contribution in [2.45, 2.75) is 0 Å². The average molecular weight is 850 g/mol. The molecule has 0 unspecified atom stereocenters. The van der Waals surface area contributed by atoms with Gasteiger partial charge in [0.25, 0.3) is 0 Å². The first kappa shape index (κ1) is 31.7. The van der Waals surface area contributed by atoms with E-state index in [1.807, 2.05) is 60.8 Å². The molecule has 0 fully saturated rings. The van der Waals surface area contributed by atoms with Crippen LogP contribution in [0.1, 0.15) is 0 Å². The Morgan fingerprint density at radius 2 is 1.33 bits per heavy atom. The molecule has 250 valence electrons. The normalized spacial score (nSPS) is 11.4. The zero-order valence-electron chi connectivity index (χ0n) is 27.6. The molecule has 5 nitrogen and oxygen atoms in total. The maximum absolute atomic E-state index is 11.0. The predicted octanol–water partition coefficient (Wildman–Crippen LogP) is 11.6. The number of furan rings is 1. The van der Waals surface area contributed by atoms with Crippen molar-refractivity contribution < 1.29 is 30.6 Å². The first-order valence-corrected chi connectivity index (χ1v) is 16.9. The second-order valence-corrected chi connectivity index (χ2v) is 12.7. The van der Waals surface area contributed by atoms with Crippen LogP contribution in [0.3, 0.4) is 0 Å². The van der Waals surface area contributed by atoms with Gasteiger partial charge < -0.3 is 9.52 Å². The summed E-state index contributed by atoms with van der Waals surface area (Å²) in [7, 11) is 0. The summed E-state index contributed by atoms with van der Waals surface area (Å²) in [5.74, 6) is 0.834. The van der Waals surface area contributed by atoms with E-state index in [-0.39, 0.29) is 26.8 Å². The molecule has 0 saturated heterocycles. The molecular weight excluding hydrogens is 822 g/mol. The number of benzene rings is 7. The van der Waals surface area contributed by atoms with Crippen LogP contribution in [-0.2, 0) is 21.1 Å². The molecule has 0 amide bonds. The van der Waals surface area contributed by atoms with E-state index in [4.69, 9.17) is 14.4 Å². The number of phenolic OH excluding ortho intramolecular Hbond substituents is 1. The van der Waals surface area contributed by atoms with Crippen LogP contribution in [0.4, 0.5) is 0 Å². The van der Waals surface area contributed by atoms with Gasteiger partial charge in [-0.05, 0) is 47.3 Å². The second-order valence-electron chi connectivity index (χ2n) is 12.7. The third-order valence-electron chi connectivity index (χ3n) is 9.64. The van der Waals surface area contributed by atoms with Crippen molar-refractivity contribution in [2.24, 2.45) is 0 Å². The minimum absolute atomic E-state index is 0. The molecule has 0 radical (unpaired) electrons. The maximum Gasteiger partial charge on any atom is 0.152 e. The van der Waals surface area contributed by atoms with Gasteiger partial charge in [0.15, 0.2) is 5.58 Å². The van der Waals surface area contributed by atoms with Gasteiger partial charge in [0.05, 0.1) is 22.8 Å². The van der Waals surface area contributed by atoms with E-state index in [0.29, 0.717) is 11.4 Å². The molecule has 0 aliphatic heterocycles. The molecule has 6 heteroatoms. The number of imidazole rings is 1. The number of fused-ring (bicyclic) bond motifs is 6. The van der Waals surface area contributed by atoms with E-state index >= 15 is 0 Å². The number of hydrogen-bond acceptors (Lipinski definition) is 4. The number of pyridine rings is 1. The summed E-state index contributed by atoms with van der Waals surface area (Å²) in [6.45, 7) is 0. The molecule has 3 heterocycles. The van der Waals surface area contributed by atoms with E-state index in [2.05, 4.69) is 108 Å². The molecule has 0 atom stereocenters. The summed E-state index contributed by atoms with van der Waals surface area (Å²) in [5, 5.41) is 15.3. The van der Waals surface area contributed by atoms with E-state index in [0.717, 1.165) is 82.9 Å². The monoisotopic (exact) mass is 849 g/mol. The van der Waals surface area contributed by atoms with E-state index < -0.39 is 0 Å². The molecule has 0 aliphatic rings. The van der Waals surface area contributed by atoms with Crippen LogP contribution in [0.2, 0.25) is 0 Å². The summed E-state index contributed by atoms with van der Waals surface area (Å²) < 4.78 is 8.49. The van der Waals surface area contributed by atoms with Gasteiger partial charge in [-0.15, -0.1) is 23.8 Å². The molecule has 10 rings (SSSR count). The first-order chi connectivity index (χ1) is 25.2. The molecule has 7 aromatic carbocycles. The van der Waals surface area contributed by atoms with Crippen LogP contribution in [0.5, 0.6) is 5.75 Å². The fraction of sp³-hybridized carbons (Fsp3) is 0. The van der Waals surface area contributed by atoms with Crippen LogP contribution in [0, 0.1) is 6.07 Å². The number of aromatic hydroxyl groups is 1. The SMILES string of the molecule is Oc1ccccc1-c1nc2c(-c3[c-]c(-c4cc5c(cn4)oc4c6ccccc6ccc54)cc(-c4ccccc4)c3)cccc2n1-c1ccccc1.[Pt]. The molecular formula is C46H28N3O2Pt-. The van der Waals surface area contributed by atoms with Crippen molar-refractivity contribution in [1.82, 2.24) is 14.5 Å². The van der Waals surface area contributed by atoms with Crippen LogP contribution in [-0.4, -0.2) is 19.6 Å². The minimum Gasteiger partial charge on any atom is -0.507 e. The molecule has 0 saturated carbocycles. The van der Waals surface area contributed by atoms with E-state index in [1.54, 1.807) is 6.07 Å². The Kier molecular flexibility index (Phi) is 7.79. The van der Waals surface area contributed by atoms with Gasteiger partial charge in [-0.1, -0.05) is 126 Å². The Morgan fingerprint density at radius 3 is 2.17 bits per heavy atom. The van der Waals surface area contributed by atoms with Gasteiger partial charge in [0.1, 0.15) is 17.2 Å². The average Bonchev–Trinajstić information content (AvgIpc) is 3.77. The van der Waals surface area contributed by atoms with Crippen molar-refractivity contribution in [1.29, 1.82) is 0 Å². The minimum atomic E-state index is 0. The summed E-state index contributed by atoms with van der Waals surface area (Å²) in [5.41, 5.74) is 10.6. The van der Waals surface area contributed by atoms with Crippen molar-refractivity contribution in [3.05, 3.63) is 170 Å². The van der Waals surface area contributed by atoms with Crippen LogP contribution >= 0.6 is 0 Å². The number of nitrogens with zero attached hydrogens (tertiary/aromatic N) is 3. The fourth-order valence-corrected chi connectivity index (χ4v) is 7.21. The van der Waals surface area contributed by atoms with Crippen molar-refractivity contribution >= 4 is 43.7 Å². The second kappa shape index (κ2) is 12.8. The van der Waals surface area contributed by atoms with Gasteiger partial charge in [-0.3, -0.25) is 9.55 Å².